The third kappa shape index (κ3) is 7.08. The maximum Gasteiger partial charge on any atom is 0.163 e. The standard InChI is InChI=1S/C13H12O.C12H10O2.CH2Cl2.CH4/c1-9-7-11-5-3-4-6-12(11)8-13(9)10(2)14;1-8(13)11-6-9-4-2-3-5-10(9)7-12(11)14;2-1-3;/h3-8H,1-2H3;2-7,14H,1H3;1H2;1H4. The lowest BCUT2D eigenvalue weighted by Gasteiger charge is -2.04. The van der Waals surface area contributed by atoms with Crippen LogP contribution in [0.2, 0.25) is 0 Å². The number of aryl methyl sites for hydroxylation is 1. The van der Waals surface area contributed by atoms with Crippen molar-refractivity contribution in [1.82, 2.24) is 0 Å². The molecule has 0 saturated carbocycles. The van der Waals surface area contributed by atoms with Crippen molar-refractivity contribution < 1.29 is 14.7 Å². The van der Waals surface area contributed by atoms with E-state index in [1.165, 1.54) is 12.3 Å². The Morgan fingerprint density at radius 1 is 0.719 bits per heavy atom. The molecule has 4 aromatic carbocycles. The smallest absolute Gasteiger partial charge is 0.163 e. The Morgan fingerprint density at radius 2 is 1.06 bits per heavy atom. The number of phenolic OH excluding ortho intramolecular Hbond substituents is 1. The number of carbonyl (C=O) groups excluding carboxylic acids is 2. The molecule has 0 unspecified atom stereocenters. The normalized spacial score (nSPS) is 9.66. The molecule has 0 atom stereocenters. The Kier molecular flexibility index (Phi) is 10.9. The number of fused-ring (bicyclic) bond motifs is 2. The highest BCUT2D eigenvalue weighted by molar-refractivity contribution is 6.40. The summed E-state index contributed by atoms with van der Waals surface area (Å²) in [5.74, 6) is 0.0673. The Balaban J connectivity index is 0.000000278. The fourth-order valence-electron chi connectivity index (χ4n) is 3.24. The summed E-state index contributed by atoms with van der Waals surface area (Å²) in [6.07, 6.45) is 0. The molecule has 0 aliphatic heterocycles. The van der Waals surface area contributed by atoms with Crippen LogP contribution in [0.25, 0.3) is 21.5 Å². The second-order valence-electron chi connectivity index (χ2n) is 6.94. The van der Waals surface area contributed by atoms with Crippen LogP contribution in [0.1, 0.15) is 47.6 Å². The first-order valence-corrected chi connectivity index (χ1v) is 10.7. The van der Waals surface area contributed by atoms with E-state index in [2.05, 4.69) is 12.1 Å². The molecule has 1 N–H and O–H groups in total. The number of alkyl halides is 2. The number of ketones is 2. The van der Waals surface area contributed by atoms with Gasteiger partial charge in [-0.25, -0.2) is 0 Å². The van der Waals surface area contributed by atoms with Crippen molar-refractivity contribution in [3.63, 3.8) is 0 Å². The van der Waals surface area contributed by atoms with Gasteiger partial charge in [0.2, 0.25) is 0 Å². The van der Waals surface area contributed by atoms with E-state index in [1.807, 2.05) is 55.5 Å². The van der Waals surface area contributed by atoms with Crippen LogP contribution < -0.4 is 0 Å². The Morgan fingerprint density at radius 3 is 1.47 bits per heavy atom. The average molecular weight is 471 g/mol. The van der Waals surface area contributed by atoms with Crippen molar-refractivity contribution in [2.75, 3.05) is 5.34 Å². The van der Waals surface area contributed by atoms with Crippen molar-refractivity contribution in [1.29, 1.82) is 0 Å². The molecular formula is C27H28Cl2O3. The van der Waals surface area contributed by atoms with E-state index >= 15 is 0 Å². The van der Waals surface area contributed by atoms with Gasteiger partial charge in [0.1, 0.15) is 5.75 Å². The lowest BCUT2D eigenvalue weighted by Crippen LogP contribution is -1.95. The van der Waals surface area contributed by atoms with Gasteiger partial charge in [-0.1, -0.05) is 62.0 Å². The number of hydrogen-bond donors (Lipinski definition) is 1. The minimum atomic E-state index is -0.117. The van der Waals surface area contributed by atoms with E-state index in [1.54, 1.807) is 19.1 Å². The number of rotatable bonds is 2. The van der Waals surface area contributed by atoms with E-state index in [0.717, 1.165) is 27.3 Å². The molecule has 4 aromatic rings. The zero-order chi connectivity index (χ0) is 23.0. The summed E-state index contributed by atoms with van der Waals surface area (Å²) in [6.45, 7) is 5.03. The van der Waals surface area contributed by atoms with Crippen LogP contribution in [0.15, 0.2) is 72.8 Å². The number of hydrogen-bond acceptors (Lipinski definition) is 3. The van der Waals surface area contributed by atoms with Gasteiger partial charge in [0.15, 0.2) is 11.6 Å². The Bertz CT molecular complexity index is 1120. The molecular weight excluding hydrogens is 443 g/mol. The molecule has 32 heavy (non-hydrogen) atoms. The summed E-state index contributed by atoms with van der Waals surface area (Å²) in [5.41, 5.74) is 2.25. The Labute approximate surface area is 199 Å². The quantitative estimate of drug-likeness (QED) is 0.237. The van der Waals surface area contributed by atoms with Gasteiger partial charge in [0.05, 0.1) is 10.9 Å². The first kappa shape index (κ1) is 27.2. The van der Waals surface area contributed by atoms with Crippen molar-refractivity contribution in [3.05, 3.63) is 89.5 Å². The molecule has 5 heteroatoms. The minimum absolute atomic E-state index is 0. The van der Waals surface area contributed by atoms with Gasteiger partial charge < -0.3 is 5.11 Å². The fraction of sp³-hybridized carbons (Fsp3) is 0.185. The molecule has 0 aliphatic carbocycles. The second kappa shape index (κ2) is 12.8. The molecule has 4 rings (SSSR count). The zero-order valence-electron chi connectivity index (χ0n) is 17.7. The number of benzene rings is 4. The second-order valence-corrected chi connectivity index (χ2v) is 7.75. The number of aromatic hydroxyl groups is 1. The third-order valence-electron chi connectivity index (χ3n) is 4.72. The summed E-state index contributed by atoms with van der Waals surface area (Å²) < 4.78 is 0. The predicted octanol–water partition coefficient (Wildman–Crippen LogP) is 8.16. The molecule has 0 radical (unpaired) electrons. The van der Waals surface area contributed by atoms with Crippen LogP contribution >= 0.6 is 23.2 Å². The highest BCUT2D eigenvalue weighted by Gasteiger charge is 2.07. The van der Waals surface area contributed by atoms with Crippen molar-refractivity contribution in [3.8, 4) is 5.75 Å². The van der Waals surface area contributed by atoms with Crippen molar-refractivity contribution in [2.24, 2.45) is 0 Å². The summed E-state index contributed by atoms with van der Waals surface area (Å²) in [5, 5.41) is 14.0. The van der Waals surface area contributed by atoms with Gasteiger partial charge in [0.25, 0.3) is 0 Å². The number of phenols is 1. The molecule has 0 heterocycles. The molecule has 0 saturated heterocycles. The third-order valence-corrected chi connectivity index (χ3v) is 4.72. The summed E-state index contributed by atoms with van der Waals surface area (Å²) in [6, 6.07) is 23.1. The minimum Gasteiger partial charge on any atom is -0.507 e. The zero-order valence-corrected chi connectivity index (χ0v) is 19.2. The van der Waals surface area contributed by atoms with Crippen molar-refractivity contribution in [2.45, 2.75) is 28.2 Å². The van der Waals surface area contributed by atoms with E-state index in [4.69, 9.17) is 23.2 Å². The van der Waals surface area contributed by atoms with Crippen LogP contribution in [0.4, 0.5) is 0 Å². The van der Waals surface area contributed by atoms with E-state index < -0.39 is 0 Å². The lowest BCUT2D eigenvalue weighted by molar-refractivity contribution is 0.100. The van der Waals surface area contributed by atoms with E-state index in [-0.39, 0.29) is 30.1 Å². The molecule has 168 valence electrons. The first-order valence-electron chi connectivity index (χ1n) is 9.63. The predicted molar refractivity (Wildman–Crippen MR) is 138 cm³/mol. The highest BCUT2D eigenvalue weighted by atomic mass is 35.5. The average Bonchev–Trinajstić information content (AvgIpc) is 2.73. The lowest BCUT2D eigenvalue weighted by atomic mass is 10.00. The van der Waals surface area contributed by atoms with Gasteiger partial charge in [-0.2, -0.15) is 0 Å². The highest BCUT2D eigenvalue weighted by Crippen LogP contribution is 2.25. The van der Waals surface area contributed by atoms with Crippen LogP contribution in [-0.2, 0) is 0 Å². The fourth-order valence-corrected chi connectivity index (χ4v) is 3.24. The molecule has 0 aliphatic rings. The maximum absolute atomic E-state index is 11.3. The number of Topliss-reactive ketones (excluding diaryl/α,β-unsaturated/α-hetero) is 2. The topological polar surface area (TPSA) is 54.4 Å². The SMILES string of the molecule is C.CC(=O)c1cc2ccccc2cc1C.CC(=O)c1cc2ccccc2cc1O.ClCCl. The summed E-state index contributed by atoms with van der Waals surface area (Å²) >= 11 is 9.53. The molecule has 0 spiro atoms. The van der Waals surface area contributed by atoms with Gasteiger partial charge in [-0.3, -0.25) is 9.59 Å². The molecule has 0 aromatic heterocycles. The molecule has 0 amide bonds. The first-order chi connectivity index (χ1) is 14.8. The molecule has 3 nitrogen and oxygen atoms in total. The summed E-state index contributed by atoms with van der Waals surface area (Å²) in [7, 11) is 0. The largest absolute Gasteiger partial charge is 0.507 e. The van der Waals surface area contributed by atoms with Gasteiger partial charge in [-0.05, 0) is 66.1 Å². The van der Waals surface area contributed by atoms with Crippen molar-refractivity contribution >= 4 is 56.3 Å². The molecule has 0 bridgehead atoms. The molecule has 0 fully saturated rings. The summed E-state index contributed by atoms with van der Waals surface area (Å²) in [4.78, 5) is 22.5. The van der Waals surface area contributed by atoms with E-state index in [9.17, 15) is 14.7 Å². The number of carbonyl (C=O) groups is 2. The Hall–Kier alpha value is -2.88. The van der Waals surface area contributed by atoms with Crippen LogP contribution in [-0.4, -0.2) is 22.0 Å². The van der Waals surface area contributed by atoms with Gasteiger partial charge in [-0.15, -0.1) is 23.2 Å². The van der Waals surface area contributed by atoms with Crippen LogP contribution in [0, 0.1) is 6.92 Å². The van der Waals surface area contributed by atoms with Crippen LogP contribution in [0.5, 0.6) is 5.75 Å². The van der Waals surface area contributed by atoms with E-state index in [0.29, 0.717) is 5.56 Å². The van der Waals surface area contributed by atoms with Crippen LogP contribution in [0.3, 0.4) is 0 Å². The maximum atomic E-state index is 11.3. The monoisotopic (exact) mass is 470 g/mol. The van der Waals surface area contributed by atoms with Gasteiger partial charge in [0, 0.05) is 5.56 Å². The van der Waals surface area contributed by atoms with Gasteiger partial charge >= 0.3 is 0 Å². The number of halogens is 2.